The molecule has 0 spiro atoms. The van der Waals surface area contributed by atoms with Crippen LogP contribution in [0.3, 0.4) is 0 Å². The van der Waals surface area contributed by atoms with Gasteiger partial charge in [0.05, 0.1) is 25.4 Å². The van der Waals surface area contributed by atoms with Crippen LogP contribution in [0.5, 0.6) is 11.5 Å². The molecule has 1 aromatic heterocycles. The van der Waals surface area contributed by atoms with Crippen molar-refractivity contribution >= 4 is 10.9 Å². The minimum absolute atomic E-state index is 0.201. The highest BCUT2D eigenvalue weighted by atomic mass is 16.5. The van der Waals surface area contributed by atoms with E-state index in [1.807, 2.05) is 16.7 Å². The lowest BCUT2D eigenvalue weighted by molar-refractivity contribution is 0.318. The molecule has 0 N–H and O–H groups in total. The highest BCUT2D eigenvalue weighted by Crippen LogP contribution is 2.36. The van der Waals surface area contributed by atoms with E-state index in [9.17, 15) is 4.79 Å². The Morgan fingerprint density at radius 1 is 1.00 bits per heavy atom. The van der Waals surface area contributed by atoms with Crippen LogP contribution in [0.2, 0.25) is 0 Å². The van der Waals surface area contributed by atoms with Gasteiger partial charge in [-0.2, -0.15) is 4.98 Å². The van der Waals surface area contributed by atoms with Crippen LogP contribution in [0, 0.1) is 5.92 Å². The van der Waals surface area contributed by atoms with Gasteiger partial charge in [0.2, 0.25) is 0 Å². The zero-order chi connectivity index (χ0) is 22.0. The number of methoxy groups -OCH3 is 2. The van der Waals surface area contributed by atoms with Gasteiger partial charge in [0, 0.05) is 23.6 Å². The summed E-state index contributed by atoms with van der Waals surface area (Å²) >= 11 is 0. The minimum atomic E-state index is -0.201. The van der Waals surface area contributed by atoms with Crippen LogP contribution in [0.25, 0.3) is 22.2 Å². The van der Waals surface area contributed by atoms with Gasteiger partial charge in [-0.3, -0.25) is 4.57 Å². The third kappa shape index (κ3) is 4.32. The summed E-state index contributed by atoms with van der Waals surface area (Å²) in [6.07, 6.45) is 6.10. The lowest BCUT2D eigenvalue weighted by atomic mass is 9.89. The molecule has 0 radical (unpaired) electrons. The fourth-order valence-corrected chi connectivity index (χ4v) is 4.65. The normalized spacial score (nSPS) is 14.9. The molecule has 3 aromatic rings. The maximum absolute atomic E-state index is 13.2. The largest absolute Gasteiger partial charge is 0.493 e. The summed E-state index contributed by atoms with van der Waals surface area (Å²) in [5.41, 5.74) is 3.54. The average molecular weight is 421 g/mol. The lowest BCUT2D eigenvalue weighted by Gasteiger charge is -2.24. The van der Waals surface area contributed by atoms with Gasteiger partial charge in [-0.15, -0.1) is 0 Å². The van der Waals surface area contributed by atoms with Gasteiger partial charge in [0.15, 0.2) is 11.5 Å². The van der Waals surface area contributed by atoms with Crippen molar-refractivity contribution < 1.29 is 9.47 Å². The molecule has 0 bridgehead atoms. The van der Waals surface area contributed by atoms with Crippen molar-refractivity contribution in [1.82, 2.24) is 9.55 Å². The molecule has 0 atom stereocenters. The number of ether oxygens (including phenoxy) is 2. The van der Waals surface area contributed by atoms with E-state index in [4.69, 9.17) is 9.47 Å². The fourth-order valence-electron chi connectivity index (χ4n) is 4.65. The quantitative estimate of drug-likeness (QED) is 0.507. The van der Waals surface area contributed by atoms with Crippen molar-refractivity contribution in [3.05, 3.63) is 52.4 Å². The second-order valence-electron chi connectivity index (χ2n) is 8.86. The Labute approximate surface area is 184 Å². The number of fused-ring (bicyclic) bond motifs is 1. The van der Waals surface area contributed by atoms with E-state index in [0.717, 1.165) is 16.5 Å². The first-order valence-corrected chi connectivity index (χ1v) is 11.3. The number of benzene rings is 2. The van der Waals surface area contributed by atoms with Gasteiger partial charge in [-0.05, 0) is 36.3 Å². The second kappa shape index (κ2) is 9.13. The molecule has 1 saturated carbocycles. The molecule has 5 heteroatoms. The highest BCUT2D eigenvalue weighted by Gasteiger charge is 2.20. The van der Waals surface area contributed by atoms with E-state index in [-0.39, 0.29) is 5.69 Å². The van der Waals surface area contributed by atoms with Crippen LogP contribution in [0.1, 0.15) is 57.4 Å². The van der Waals surface area contributed by atoms with Gasteiger partial charge in [-0.1, -0.05) is 57.4 Å². The lowest BCUT2D eigenvalue weighted by Crippen LogP contribution is -2.28. The molecule has 0 unspecified atom stereocenters. The molecule has 1 aliphatic carbocycles. The summed E-state index contributed by atoms with van der Waals surface area (Å²) in [7, 11) is 3.26. The summed E-state index contributed by atoms with van der Waals surface area (Å²) in [6.45, 7) is 5.04. The van der Waals surface area contributed by atoms with Crippen LogP contribution < -0.4 is 15.2 Å². The third-order valence-corrected chi connectivity index (χ3v) is 6.50. The first-order chi connectivity index (χ1) is 15.0. The minimum Gasteiger partial charge on any atom is -0.493 e. The summed E-state index contributed by atoms with van der Waals surface area (Å²) < 4.78 is 13.0. The van der Waals surface area contributed by atoms with E-state index in [1.54, 1.807) is 14.2 Å². The number of hydrogen-bond acceptors (Lipinski definition) is 4. The number of aromatic nitrogens is 2. The van der Waals surface area contributed by atoms with Gasteiger partial charge >= 0.3 is 5.69 Å². The third-order valence-electron chi connectivity index (χ3n) is 6.50. The summed E-state index contributed by atoms with van der Waals surface area (Å²) in [6, 6.07) is 12.2. The van der Waals surface area contributed by atoms with Crippen LogP contribution in [-0.4, -0.2) is 23.8 Å². The molecule has 164 valence electrons. The maximum atomic E-state index is 13.2. The molecule has 2 aromatic carbocycles. The van der Waals surface area contributed by atoms with Crippen molar-refractivity contribution in [2.75, 3.05) is 14.2 Å². The first kappa shape index (κ1) is 21.4. The van der Waals surface area contributed by atoms with Crippen LogP contribution in [0.4, 0.5) is 0 Å². The Kier molecular flexibility index (Phi) is 6.30. The molecule has 0 amide bonds. The number of hydrogen-bond donors (Lipinski definition) is 0. The van der Waals surface area contributed by atoms with Crippen LogP contribution >= 0.6 is 0 Å². The van der Waals surface area contributed by atoms with E-state index in [1.165, 1.54) is 37.7 Å². The smallest absolute Gasteiger partial charge is 0.348 e. The molecule has 1 fully saturated rings. The molecule has 5 nitrogen and oxygen atoms in total. The predicted octanol–water partition coefficient (Wildman–Crippen LogP) is 5.78. The zero-order valence-corrected chi connectivity index (χ0v) is 19.0. The molecule has 1 heterocycles. The Morgan fingerprint density at radius 3 is 2.26 bits per heavy atom. The number of rotatable bonds is 6. The topological polar surface area (TPSA) is 53.3 Å². The van der Waals surface area contributed by atoms with Gasteiger partial charge < -0.3 is 9.47 Å². The van der Waals surface area contributed by atoms with Gasteiger partial charge in [0.25, 0.3) is 0 Å². The molecule has 1 aliphatic rings. The van der Waals surface area contributed by atoms with Crippen molar-refractivity contribution in [1.29, 1.82) is 0 Å². The van der Waals surface area contributed by atoms with E-state index in [2.05, 4.69) is 43.1 Å². The average Bonchev–Trinajstić information content (AvgIpc) is 2.80. The zero-order valence-electron chi connectivity index (χ0n) is 19.0. The Balaban J connectivity index is 1.90. The number of nitrogens with zero attached hydrogens (tertiary/aromatic N) is 2. The first-order valence-electron chi connectivity index (χ1n) is 11.3. The Morgan fingerprint density at radius 2 is 1.65 bits per heavy atom. The van der Waals surface area contributed by atoms with Crippen molar-refractivity contribution in [3.8, 4) is 22.8 Å². The Hall–Kier alpha value is -2.82. The summed E-state index contributed by atoms with van der Waals surface area (Å²) in [4.78, 5) is 17.8. The SMILES string of the molecule is COc1cc2c(-c3ccc(C(C)C)cc3)nc(=O)n(CC3CCCCC3)c2cc1OC. The van der Waals surface area contributed by atoms with Crippen molar-refractivity contribution in [2.24, 2.45) is 5.92 Å². The molecule has 0 saturated heterocycles. The summed E-state index contributed by atoms with van der Waals surface area (Å²) in [5, 5.41) is 0.908. The molecule has 31 heavy (non-hydrogen) atoms. The molecular weight excluding hydrogens is 388 g/mol. The Bertz CT molecular complexity index is 1110. The summed E-state index contributed by atoms with van der Waals surface area (Å²) in [5.74, 6) is 2.23. The highest BCUT2D eigenvalue weighted by molar-refractivity contribution is 5.94. The molecule has 0 aliphatic heterocycles. The van der Waals surface area contributed by atoms with E-state index < -0.39 is 0 Å². The monoisotopic (exact) mass is 420 g/mol. The predicted molar refractivity (Wildman–Crippen MR) is 125 cm³/mol. The standard InChI is InChI=1S/C26H32N2O3/c1-17(2)19-10-12-20(13-11-19)25-21-14-23(30-3)24(31-4)15-22(21)28(26(29)27-25)16-18-8-6-5-7-9-18/h10-15,17-18H,5-9,16H2,1-4H3. The second-order valence-corrected chi connectivity index (χ2v) is 8.86. The molecular formula is C26H32N2O3. The van der Waals surface area contributed by atoms with Gasteiger partial charge in [-0.25, -0.2) is 4.79 Å². The van der Waals surface area contributed by atoms with Crippen LogP contribution in [0.15, 0.2) is 41.2 Å². The molecule has 4 rings (SSSR count). The van der Waals surface area contributed by atoms with Crippen molar-refractivity contribution in [3.63, 3.8) is 0 Å². The fraction of sp³-hybridized carbons (Fsp3) is 0.462. The van der Waals surface area contributed by atoms with Crippen molar-refractivity contribution in [2.45, 2.75) is 58.4 Å². The van der Waals surface area contributed by atoms with Gasteiger partial charge in [0.1, 0.15) is 0 Å². The van der Waals surface area contributed by atoms with E-state index in [0.29, 0.717) is 35.6 Å². The van der Waals surface area contributed by atoms with E-state index >= 15 is 0 Å². The van der Waals surface area contributed by atoms with Crippen LogP contribution in [-0.2, 0) is 6.54 Å². The maximum Gasteiger partial charge on any atom is 0.348 e.